The standard InChI is InChI=1S/C27H29N3O6S3/c1-17(2)14-30(18-10-13-39(34,35)16-18)23(31)9-11-29(26(33)22-8-5-12-37-22)27-28-20(15-38-27)25-24(32)19-6-3-4-7-21(19)36-25/h3-8,12,15,17-18,25H,9-11,13-14,16H2,1-2H3. The Morgan fingerprint density at radius 2 is 1.95 bits per heavy atom. The zero-order valence-corrected chi connectivity index (χ0v) is 24.1. The Hall–Kier alpha value is -3.09. The van der Waals surface area contributed by atoms with Gasteiger partial charge >= 0.3 is 0 Å². The lowest BCUT2D eigenvalue weighted by atomic mass is 10.1. The molecular weight excluding hydrogens is 559 g/mol. The van der Waals surface area contributed by atoms with Gasteiger partial charge in [0.1, 0.15) is 11.4 Å². The van der Waals surface area contributed by atoms with Crippen LogP contribution < -0.4 is 9.64 Å². The highest BCUT2D eigenvalue weighted by Gasteiger charge is 2.37. The lowest BCUT2D eigenvalue weighted by Gasteiger charge is -2.31. The fourth-order valence-electron chi connectivity index (χ4n) is 4.85. The van der Waals surface area contributed by atoms with Gasteiger partial charge < -0.3 is 9.64 Å². The summed E-state index contributed by atoms with van der Waals surface area (Å²) in [6.45, 7) is 4.48. The summed E-state index contributed by atoms with van der Waals surface area (Å²) in [6.07, 6.45) is -0.454. The van der Waals surface area contributed by atoms with Crippen LogP contribution in [0.1, 0.15) is 58.5 Å². The fraction of sp³-hybridized carbons (Fsp3) is 0.407. The van der Waals surface area contributed by atoms with Crippen LogP contribution >= 0.6 is 22.7 Å². The van der Waals surface area contributed by atoms with Gasteiger partial charge in [-0.3, -0.25) is 19.3 Å². The molecule has 39 heavy (non-hydrogen) atoms. The van der Waals surface area contributed by atoms with E-state index < -0.39 is 15.9 Å². The van der Waals surface area contributed by atoms with Gasteiger partial charge in [0.2, 0.25) is 17.8 Å². The summed E-state index contributed by atoms with van der Waals surface area (Å²) in [5.74, 6) is 0.0298. The number of anilines is 1. The molecule has 0 saturated carbocycles. The number of para-hydroxylation sites is 1. The Balaban J connectivity index is 1.36. The molecule has 2 aliphatic rings. The maximum absolute atomic E-state index is 13.5. The molecule has 0 spiro atoms. The Labute approximate surface area is 235 Å². The second-order valence-electron chi connectivity index (χ2n) is 10.1. The van der Waals surface area contributed by atoms with E-state index in [2.05, 4.69) is 4.98 Å². The average molecular weight is 588 g/mol. The van der Waals surface area contributed by atoms with Gasteiger partial charge in [-0.2, -0.15) is 0 Å². The fourth-order valence-corrected chi connectivity index (χ4v) is 8.11. The van der Waals surface area contributed by atoms with Crippen LogP contribution in [0.5, 0.6) is 5.75 Å². The number of ether oxygens (including phenoxy) is 1. The Morgan fingerprint density at radius 1 is 1.15 bits per heavy atom. The van der Waals surface area contributed by atoms with Crippen LogP contribution in [-0.2, 0) is 14.6 Å². The number of hydrogen-bond donors (Lipinski definition) is 0. The average Bonchev–Trinajstić information content (AvgIpc) is 3.70. The molecule has 2 amide bonds. The van der Waals surface area contributed by atoms with E-state index in [-0.39, 0.29) is 54.0 Å². The van der Waals surface area contributed by atoms with Crippen LogP contribution in [0.3, 0.4) is 0 Å². The topological polar surface area (TPSA) is 114 Å². The number of nitrogens with zero attached hydrogens (tertiary/aromatic N) is 3. The predicted molar refractivity (Wildman–Crippen MR) is 150 cm³/mol. The number of amides is 2. The maximum atomic E-state index is 13.5. The van der Waals surface area contributed by atoms with Crippen molar-refractivity contribution in [3.05, 3.63) is 63.3 Å². The van der Waals surface area contributed by atoms with E-state index in [1.165, 1.54) is 27.6 Å². The molecule has 9 nitrogen and oxygen atoms in total. The molecule has 3 aromatic rings. The third-order valence-electron chi connectivity index (χ3n) is 6.70. The number of benzene rings is 1. The summed E-state index contributed by atoms with van der Waals surface area (Å²) < 4.78 is 30.1. The van der Waals surface area contributed by atoms with E-state index in [0.717, 1.165) is 0 Å². The summed E-state index contributed by atoms with van der Waals surface area (Å²) in [5.41, 5.74) is 0.900. The summed E-state index contributed by atoms with van der Waals surface area (Å²) >= 11 is 2.50. The van der Waals surface area contributed by atoms with Gasteiger partial charge in [0, 0.05) is 30.9 Å². The number of carbonyl (C=O) groups excluding carboxylic acids is 3. The van der Waals surface area contributed by atoms with E-state index in [9.17, 15) is 22.8 Å². The summed E-state index contributed by atoms with van der Waals surface area (Å²) in [5, 5.41) is 3.87. The second-order valence-corrected chi connectivity index (χ2v) is 14.1. The van der Waals surface area contributed by atoms with Crippen molar-refractivity contribution >= 4 is 55.2 Å². The number of carbonyl (C=O) groups is 3. The number of rotatable bonds is 9. The van der Waals surface area contributed by atoms with Gasteiger partial charge in [0.05, 0.1) is 21.9 Å². The Kier molecular flexibility index (Phi) is 7.88. The van der Waals surface area contributed by atoms with Crippen LogP contribution in [0.2, 0.25) is 0 Å². The van der Waals surface area contributed by atoms with Crippen molar-refractivity contribution < 1.29 is 27.5 Å². The van der Waals surface area contributed by atoms with E-state index in [1.807, 2.05) is 13.8 Å². The first-order valence-electron chi connectivity index (χ1n) is 12.7. The molecule has 206 valence electrons. The molecule has 1 aromatic carbocycles. The van der Waals surface area contributed by atoms with Crippen LogP contribution in [-0.4, -0.2) is 66.5 Å². The molecule has 0 N–H and O–H groups in total. The van der Waals surface area contributed by atoms with E-state index in [1.54, 1.807) is 52.1 Å². The number of ketones is 1. The molecule has 0 radical (unpaired) electrons. The normalized spacial score (nSPS) is 19.6. The molecule has 4 heterocycles. The van der Waals surface area contributed by atoms with Gasteiger partial charge in [-0.15, -0.1) is 22.7 Å². The van der Waals surface area contributed by atoms with Crippen molar-refractivity contribution in [2.45, 2.75) is 38.8 Å². The first-order chi connectivity index (χ1) is 18.6. The molecule has 2 aliphatic heterocycles. The molecule has 5 rings (SSSR count). The van der Waals surface area contributed by atoms with Crippen LogP contribution in [0, 0.1) is 5.92 Å². The number of hydrogen-bond acceptors (Lipinski definition) is 9. The SMILES string of the molecule is CC(C)CN(C(=O)CCN(C(=O)c1cccs1)c1nc(C2Oc3ccccc3C2=O)cs1)C1CCS(=O)(=O)C1. The molecule has 1 saturated heterocycles. The molecule has 0 aliphatic carbocycles. The zero-order valence-electron chi connectivity index (χ0n) is 21.6. The van der Waals surface area contributed by atoms with Crippen molar-refractivity contribution in [3.8, 4) is 5.75 Å². The van der Waals surface area contributed by atoms with Crippen molar-refractivity contribution in [1.29, 1.82) is 0 Å². The van der Waals surface area contributed by atoms with Gasteiger partial charge in [-0.05, 0) is 35.9 Å². The third-order valence-corrected chi connectivity index (χ3v) is 10.2. The zero-order chi connectivity index (χ0) is 27.7. The minimum absolute atomic E-state index is 0.0135. The highest BCUT2D eigenvalue weighted by atomic mass is 32.2. The molecular formula is C27H29N3O6S3. The third kappa shape index (κ3) is 5.92. The minimum atomic E-state index is -3.16. The molecule has 2 unspecified atom stereocenters. The number of fused-ring (bicyclic) bond motifs is 1. The van der Waals surface area contributed by atoms with Gasteiger partial charge in [-0.1, -0.05) is 32.0 Å². The summed E-state index contributed by atoms with van der Waals surface area (Å²) in [6, 6.07) is 10.1. The van der Waals surface area contributed by atoms with Crippen molar-refractivity contribution in [1.82, 2.24) is 9.88 Å². The summed E-state index contributed by atoms with van der Waals surface area (Å²) in [7, 11) is -3.16. The molecule has 12 heteroatoms. The number of thiazole rings is 1. The second kappa shape index (κ2) is 11.2. The van der Waals surface area contributed by atoms with E-state index >= 15 is 0 Å². The predicted octanol–water partition coefficient (Wildman–Crippen LogP) is 4.23. The van der Waals surface area contributed by atoms with Crippen molar-refractivity contribution in [3.63, 3.8) is 0 Å². The minimum Gasteiger partial charge on any atom is -0.475 e. The number of sulfone groups is 1. The van der Waals surface area contributed by atoms with E-state index in [4.69, 9.17) is 4.74 Å². The van der Waals surface area contributed by atoms with Gasteiger partial charge in [0.25, 0.3) is 5.91 Å². The van der Waals surface area contributed by atoms with Crippen LogP contribution in [0.4, 0.5) is 5.13 Å². The van der Waals surface area contributed by atoms with Crippen molar-refractivity contribution in [2.75, 3.05) is 29.5 Å². The van der Waals surface area contributed by atoms with Crippen LogP contribution in [0.15, 0.2) is 47.2 Å². The highest BCUT2D eigenvalue weighted by Crippen LogP contribution is 2.38. The lowest BCUT2D eigenvalue weighted by Crippen LogP contribution is -2.45. The smallest absolute Gasteiger partial charge is 0.270 e. The van der Waals surface area contributed by atoms with Crippen LogP contribution in [0.25, 0.3) is 0 Å². The maximum Gasteiger partial charge on any atom is 0.270 e. The molecule has 0 bridgehead atoms. The quantitative estimate of drug-likeness (QED) is 0.368. The summed E-state index contributed by atoms with van der Waals surface area (Å²) in [4.78, 5) is 48.0. The highest BCUT2D eigenvalue weighted by molar-refractivity contribution is 7.91. The lowest BCUT2D eigenvalue weighted by molar-refractivity contribution is -0.133. The van der Waals surface area contributed by atoms with Gasteiger partial charge in [-0.25, -0.2) is 13.4 Å². The monoisotopic (exact) mass is 587 g/mol. The molecule has 2 aromatic heterocycles. The first-order valence-corrected chi connectivity index (χ1v) is 16.3. The Bertz CT molecular complexity index is 1480. The number of thiophene rings is 1. The largest absolute Gasteiger partial charge is 0.475 e. The molecule has 1 fully saturated rings. The van der Waals surface area contributed by atoms with Crippen molar-refractivity contribution in [2.24, 2.45) is 5.92 Å². The van der Waals surface area contributed by atoms with Gasteiger partial charge in [0.15, 0.2) is 15.0 Å². The van der Waals surface area contributed by atoms with E-state index in [0.29, 0.717) is 40.0 Å². The number of aromatic nitrogens is 1. The Morgan fingerprint density at radius 3 is 2.62 bits per heavy atom. The number of Topliss-reactive ketones (excluding diaryl/α,β-unsaturated/α-hetero) is 1. The first kappa shape index (κ1) is 27.5. The molecule has 2 atom stereocenters.